The summed E-state index contributed by atoms with van der Waals surface area (Å²) < 4.78 is 0. The fourth-order valence-electron chi connectivity index (χ4n) is 1.70. The Bertz CT molecular complexity index is 598. The molecule has 104 valence electrons. The van der Waals surface area contributed by atoms with Crippen LogP contribution in [0.15, 0.2) is 24.3 Å². The lowest BCUT2D eigenvalue weighted by molar-refractivity contribution is -0.143. The molecule has 0 spiro atoms. The molecule has 0 aliphatic carbocycles. The number of amides is 3. The van der Waals surface area contributed by atoms with E-state index >= 15 is 0 Å². The summed E-state index contributed by atoms with van der Waals surface area (Å²) in [7, 11) is 0. The molecule has 1 aliphatic heterocycles. The van der Waals surface area contributed by atoms with Crippen LogP contribution in [0.2, 0.25) is 10.0 Å². The van der Waals surface area contributed by atoms with Crippen LogP contribution in [0.3, 0.4) is 0 Å². The summed E-state index contributed by atoms with van der Waals surface area (Å²) in [5.41, 5.74) is 0.622. The first-order chi connectivity index (χ1) is 9.45. The number of carbonyl (C=O) groups excluding carboxylic acids is 3. The minimum atomic E-state index is -0.493. The van der Waals surface area contributed by atoms with Crippen molar-refractivity contribution in [3.63, 3.8) is 0 Å². The summed E-state index contributed by atoms with van der Waals surface area (Å²) in [5.74, 6) is -1.42. The van der Waals surface area contributed by atoms with Crippen molar-refractivity contribution in [1.29, 1.82) is 0 Å². The van der Waals surface area contributed by atoms with Crippen LogP contribution >= 0.6 is 23.2 Å². The number of piperazine rings is 1. The van der Waals surface area contributed by atoms with Crippen molar-refractivity contribution in [2.24, 2.45) is 0 Å². The van der Waals surface area contributed by atoms with E-state index in [-0.39, 0.29) is 13.1 Å². The van der Waals surface area contributed by atoms with E-state index in [9.17, 15) is 14.4 Å². The predicted octanol–water partition coefficient (Wildman–Crippen LogP) is 1.49. The van der Waals surface area contributed by atoms with Gasteiger partial charge in [-0.3, -0.25) is 19.7 Å². The second-order valence-electron chi connectivity index (χ2n) is 4.16. The predicted molar refractivity (Wildman–Crippen MR) is 75.2 cm³/mol. The van der Waals surface area contributed by atoms with E-state index < -0.39 is 17.7 Å². The summed E-state index contributed by atoms with van der Waals surface area (Å²) in [6.07, 6.45) is 2.78. The average molecular weight is 313 g/mol. The van der Waals surface area contributed by atoms with Gasteiger partial charge in [0, 0.05) is 16.1 Å². The van der Waals surface area contributed by atoms with Gasteiger partial charge in [0.1, 0.15) is 13.1 Å². The monoisotopic (exact) mass is 312 g/mol. The Labute approximate surface area is 125 Å². The molecule has 1 fully saturated rings. The zero-order valence-corrected chi connectivity index (χ0v) is 11.7. The standard InChI is InChI=1S/C13H10Cl2N2O3/c14-9-3-1-8(10(15)5-9)2-4-13(20)17-6-11(18)16-12(19)7-17/h1-5H,6-7H2,(H,16,18,19). The molecule has 1 heterocycles. The minimum absolute atomic E-state index is 0.136. The SMILES string of the molecule is O=C1CN(C(=O)C=Cc2ccc(Cl)cc2Cl)CC(=O)N1. The van der Waals surface area contributed by atoms with Crippen molar-refractivity contribution in [3.8, 4) is 0 Å². The second-order valence-corrected chi connectivity index (χ2v) is 5.01. The fraction of sp³-hybridized carbons (Fsp3) is 0.154. The molecule has 5 nitrogen and oxygen atoms in total. The summed E-state index contributed by atoms with van der Waals surface area (Å²) in [4.78, 5) is 35.4. The van der Waals surface area contributed by atoms with Gasteiger partial charge in [-0.05, 0) is 23.8 Å². The topological polar surface area (TPSA) is 66.5 Å². The lowest BCUT2D eigenvalue weighted by atomic mass is 10.2. The van der Waals surface area contributed by atoms with E-state index in [4.69, 9.17) is 23.2 Å². The Balaban J connectivity index is 2.08. The zero-order chi connectivity index (χ0) is 14.7. The lowest BCUT2D eigenvalue weighted by Gasteiger charge is -2.24. The van der Waals surface area contributed by atoms with Crippen molar-refractivity contribution < 1.29 is 14.4 Å². The highest BCUT2D eigenvalue weighted by Crippen LogP contribution is 2.22. The van der Waals surface area contributed by atoms with E-state index in [1.807, 2.05) is 0 Å². The zero-order valence-electron chi connectivity index (χ0n) is 10.2. The molecule has 0 atom stereocenters. The Hall–Kier alpha value is -1.85. The van der Waals surface area contributed by atoms with Crippen LogP contribution < -0.4 is 5.32 Å². The third kappa shape index (κ3) is 3.59. The highest BCUT2D eigenvalue weighted by atomic mass is 35.5. The quantitative estimate of drug-likeness (QED) is 0.664. The van der Waals surface area contributed by atoms with Crippen LogP contribution in [0.4, 0.5) is 0 Å². The first-order valence-electron chi connectivity index (χ1n) is 5.70. The third-order valence-electron chi connectivity index (χ3n) is 2.63. The van der Waals surface area contributed by atoms with Gasteiger partial charge in [0.25, 0.3) is 0 Å². The van der Waals surface area contributed by atoms with Gasteiger partial charge in [-0.1, -0.05) is 29.3 Å². The summed E-state index contributed by atoms with van der Waals surface area (Å²) in [6.45, 7) is -0.271. The third-order valence-corrected chi connectivity index (χ3v) is 3.19. The van der Waals surface area contributed by atoms with Gasteiger partial charge in [0.2, 0.25) is 17.7 Å². The summed E-state index contributed by atoms with van der Waals surface area (Å²) in [6, 6.07) is 4.88. The number of rotatable bonds is 2. The molecule has 1 N–H and O–H groups in total. The van der Waals surface area contributed by atoms with Gasteiger partial charge in [0.05, 0.1) is 0 Å². The van der Waals surface area contributed by atoms with Gasteiger partial charge in [-0.25, -0.2) is 0 Å². The van der Waals surface area contributed by atoms with Crippen molar-refractivity contribution >= 4 is 47.0 Å². The number of halogens is 2. The number of imide groups is 1. The van der Waals surface area contributed by atoms with Crippen molar-refractivity contribution in [2.45, 2.75) is 0 Å². The van der Waals surface area contributed by atoms with Crippen LogP contribution in [0.25, 0.3) is 6.08 Å². The molecular formula is C13H10Cl2N2O3. The maximum Gasteiger partial charge on any atom is 0.247 e. The van der Waals surface area contributed by atoms with Crippen LogP contribution in [0, 0.1) is 0 Å². The molecule has 1 saturated heterocycles. The maximum absolute atomic E-state index is 11.9. The number of hydrogen-bond acceptors (Lipinski definition) is 3. The lowest BCUT2D eigenvalue weighted by Crippen LogP contribution is -2.52. The van der Waals surface area contributed by atoms with Crippen LogP contribution in [0.5, 0.6) is 0 Å². The van der Waals surface area contributed by atoms with Gasteiger partial charge < -0.3 is 4.90 Å². The molecule has 3 amide bonds. The van der Waals surface area contributed by atoms with Crippen molar-refractivity contribution in [2.75, 3.05) is 13.1 Å². The molecule has 0 aromatic heterocycles. The molecule has 0 bridgehead atoms. The average Bonchev–Trinajstić information content (AvgIpc) is 2.36. The smallest absolute Gasteiger partial charge is 0.247 e. The molecule has 7 heteroatoms. The molecule has 0 unspecified atom stereocenters. The maximum atomic E-state index is 11.9. The first kappa shape index (κ1) is 14.6. The van der Waals surface area contributed by atoms with Gasteiger partial charge in [-0.2, -0.15) is 0 Å². The van der Waals surface area contributed by atoms with Crippen molar-refractivity contribution in [3.05, 3.63) is 39.9 Å². The molecule has 0 saturated carbocycles. The summed E-state index contributed by atoms with van der Waals surface area (Å²) >= 11 is 11.7. The van der Waals surface area contributed by atoms with Gasteiger partial charge in [-0.15, -0.1) is 0 Å². The van der Waals surface area contributed by atoms with E-state index in [1.165, 1.54) is 12.2 Å². The molecule has 20 heavy (non-hydrogen) atoms. The number of benzene rings is 1. The Morgan fingerprint density at radius 2 is 1.85 bits per heavy atom. The van der Waals surface area contributed by atoms with E-state index in [2.05, 4.69) is 5.32 Å². The molecular weight excluding hydrogens is 303 g/mol. The number of hydrogen-bond donors (Lipinski definition) is 1. The van der Waals surface area contributed by atoms with E-state index in [0.29, 0.717) is 15.6 Å². The van der Waals surface area contributed by atoms with Crippen LogP contribution in [-0.4, -0.2) is 35.7 Å². The first-order valence-corrected chi connectivity index (χ1v) is 6.46. The molecule has 1 aromatic carbocycles. The fourth-order valence-corrected chi connectivity index (χ4v) is 2.17. The largest absolute Gasteiger partial charge is 0.321 e. The van der Waals surface area contributed by atoms with Gasteiger partial charge in [0.15, 0.2) is 0 Å². The Morgan fingerprint density at radius 1 is 1.20 bits per heavy atom. The van der Waals surface area contributed by atoms with E-state index in [0.717, 1.165) is 4.90 Å². The molecule has 1 aliphatic rings. The molecule has 0 radical (unpaired) electrons. The van der Waals surface area contributed by atoms with E-state index in [1.54, 1.807) is 18.2 Å². The highest BCUT2D eigenvalue weighted by molar-refractivity contribution is 6.35. The van der Waals surface area contributed by atoms with Crippen molar-refractivity contribution in [1.82, 2.24) is 10.2 Å². The Morgan fingerprint density at radius 3 is 2.45 bits per heavy atom. The minimum Gasteiger partial charge on any atom is -0.321 e. The van der Waals surface area contributed by atoms with Crippen LogP contribution in [0.1, 0.15) is 5.56 Å². The number of nitrogens with one attached hydrogen (secondary N) is 1. The Kier molecular flexibility index (Phi) is 4.42. The normalized spacial score (nSPS) is 15.6. The summed E-state index contributed by atoms with van der Waals surface area (Å²) in [5, 5.41) is 3.03. The number of nitrogens with zero attached hydrogens (tertiary/aromatic N) is 1. The highest BCUT2D eigenvalue weighted by Gasteiger charge is 2.24. The molecule has 1 aromatic rings. The molecule has 2 rings (SSSR count). The number of carbonyl (C=O) groups is 3. The second kappa shape index (κ2) is 6.07. The van der Waals surface area contributed by atoms with Gasteiger partial charge >= 0.3 is 0 Å². The van der Waals surface area contributed by atoms with Crippen LogP contribution in [-0.2, 0) is 14.4 Å².